The minimum atomic E-state index is -0.683. The van der Waals surface area contributed by atoms with Crippen LogP contribution < -0.4 is 5.73 Å². The number of anilines is 1. The maximum atomic E-state index is 13.8. The van der Waals surface area contributed by atoms with Gasteiger partial charge in [0.15, 0.2) is 5.69 Å². The number of nitriles is 1. The number of benzene rings is 2. The molecule has 2 aromatic carbocycles. The first-order valence-corrected chi connectivity index (χ1v) is 7.34. The van der Waals surface area contributed by atoms with E-state index >= 15 is 0 Å². The summed E-state index contributed by atoms with van der Waals surface area (Å²) >= 11 is 0. The third kappa shape index (κ3) is 3.48. The lowest BCUT2D eigenvalue weighted by Crippen LogP contribution is -2.08. The van der Waals surface area contributed by atoms with Crippen molar-refractivity contribution in [3.63, 3.8) is 0 Å². The van der Waals surface area contributed by atoms with E-state index in [1.165, 1.54) is 22.9 Å². The SMILES string of the molecule is N#Cc1ccc(COC(=O)c2ccn(-c3ccccc3N)n2)c(F)c1. The van der Waals surface area contributed by atoms with Crippen molar-refractivity contribution in [3.05, 3.63) is 77.4 Å². The topological polar surface area (TPSA) is 93.9 Å². The molecule has 6 nitrogen and oxygen atoms in total. The van der Waals surface area contributed by atoms with E-state index in [2.05, 4.69) is 5.10 Å². The van der Waals surface area contributed by atoms with Crippen molar-refractivity contribution in [1.82, 2.24) is 9.78 Å². The number of halogens is 1. The third-order valence-corrected chi connectivity index (χ3v) is 3.52. The quantitative estimate of drug-likeness (QED) is 0.584. The zero-order chi connectivity index (χ0) is 17.8. The number of esters is 1. The van der Waals surface area contributed by atoms with Crippen LogP contribution in [0, 0.1) is 17.1 Å². The highest BCUT2D eigenvalue weighted by atomic mass is 19.1. The van der Waals surface area contributed by atoms with Crippen molar-refractivity contribution >= 4 is 11.7 Å². The molecule has 0 saturated heterocycles. The molecule has 124 valence electrons. The van der Waals surface area contributed by atoms with Crippen LogP contribution in [0.15, 0.2) is 54.7 Å². The molecule has 0 fully saturated rings. The summed E-state index contributed by atoms with van der Waals surface area (Å²) in [6, 6.07) is 14.4. The molecule has 0 atom stereocenters. The minimum absolute atomic E-state index is 0.0808. The molecule has 0 aliphatic rings. The van der Waals surface area contributed by atoms with Gasteiger partial charge >= 0.3 is 5.97 Å². The fraction of sp³-hybridized carbons (Fsp3) is 0.0556. The smallest absolute Gasteiger partial charge is 0.359 e. The van der Waals surface area contributed by atoms with E-state index in [-0.39, 0.29) is 23.4 Å². The summed E-state index contributed by atoms with van der Waals surface area (Å²) < 4.78 is 20.3. The predicted molar refractivity (Wildman–Crippen MR) is 88.2 cm³/mol. The van der Waals surface area contributed by atoms with Crippen LogP contribution in [0.3, 0.4) is 0 Å². The molecular weight excluding hydrogens is 323 g/mol. The summed E-state index contributed by atoms with van der Waals surface area (Å²) in [7, 11) is 0. The third-order valence-electron chi connectivity index (χ3n) is 3.52. The number of hydrogen-bond donors (Lipinski definition) is 1. The van der Waals surface area contributed by atoms with Gasteiger partial charge in [0.1, 0.15) is 12.4 Å². The Hall–Kier alpha value is -3.66. The molecule has 0 spiro atoms. The summed E-state index contributed by atoms with van der Waals surface area (Å²) in [4.78, 5) is 12.1. The molecule has 0 radical (unpaired) electrons. The van der Waals surface area contributed by atoms with Gasteiger partial charge in [0.05, 0.1) is 23.0 Å². The predicted octanol–water partition coefficient (Wildman–Crippen LogP) is 2.82. The van der Waals surface area contributed by atoms with E-state index in [9.17, 15) is 9.18 Å². The van der Waals surface area contributed by atoms with E-state index in [1.54, 1.807) is 30.5 Å². The van der Waals surface area contributed by atoms with Crippen LogP contribution in [0.2, 0.25) is 0 Å². The maximum absolute atomic E-state index is 13.8. The minimum Gasteiger partial charge on any atom is -0.456 e. The van der Waals surface area contributed by atoms with E-state index in [1.807, 2.05) is 6.07 Å². The van der Waals surface area contributed by atoms with Gasteiger partial charge < -0.3 is 10.5 Å². The number of rotatable bonds is 4. The highest BCUT2D eigenvalue weighted by Gasteiger charge is 2.14. The van der Waals surface area contributed by atoms with Crippen LogP contribution in [-0.2, 0) is 11.3 Å². The molecular formula is C18H13FN4O2. The molecule has 0 unspecified atom stereocenters. The van der Waals surface area contributed by atoms with Crippen LogP contribution >= 0.6 is 0 Å². The van der Waals surface area contributed by atoms with Gasteiger partial charge in [-0.3, -0.25) is 0 Å². The number of aromatic nitrogens is 2. The van der Waals surface area contributed by atoms with Crippen molar-refractivity contribution in [1.29, 1.82) is 5.26 Å². The second-order valence-corrected chi connectivity index (χ2v) is 5.20. The average molecular weight is 336 g/mol. The normalized spacial score (nSPS) is 10.2. The highest BCUT2D eigenvalue weighted by Crippen LogP contribution is 2.16. The number of para-hydroxylation sites is 2. The van der Waals surface area contributed by atoms with Gasteiger partial charge in [-0.05, 0) is 30.3 Å². The summed E-state index contributed by atoms with van der Waals surface area (Å²) in [6.07, 6.45) is 1.59. The summed E-state index contributed by atoms with van der Waals surface area (Å²) in [5.74, 6) is -1.29. The van der Waals surface area contributed by atoms with Crippen molar-refractivity contribution < 1.29 is 13.9 Å². The second-order valence-electron chi connectivity index (χ2n) is 5.20. The van der Waals surface area contributed by atoms with E-state index < -0.39 is 11.8 Å². The first-order chi connectivity index (χ1) is 12.1. The lowest BCUT2D eigenvalue weighted by molar-refractivity contribution is 0.0461. The largest absolute Gasteiger partial charge is 0.456 e. The molecule has 0 aliphatic carbocycles. The van der Waals surface area contributed by atoms with Crippen LogP contribution in [0.25, 0.3) is 5.69 Å². The van der Waals surface area contributed by atoms with Gasteiger partial charge in [0, 0.05) is 11.8 Å². The summed E-state index contributed by atoms with van der Waals surface area (Å²) in [5, 5.41) is 12.8. The van der Waals surface area contributed by atoms with Crippen molar-refractivity contribution in [2.24, 2.45) is 0 Å². The fourth-order valence-electron chi connectivity index (χ4n) is 2.21. The number of carbonyl (C=O) groups is 1. The first kappa shape index (κ1) is 16.2. The van der Waals surface area contributed by atoms with Gasteiger partial charge in [-0.15, -0.1) is 0 Å². The Morgan fingerprint density at radius 1 is 1.28 bits per heavy atom. The monoisotopic (exact) mass is 336 g/mol. The van der Waals surface area contributed by atoms with E-state index in [4.69, 9.17) is 15.7 Å². The number of hydrogen-bond acceptors (Lipinski definition) is 5. The molecule has 0 amide bonds. The van der Waals surface area contributed by atoms with Gasteiger partial charge in [0.2, 0.25) is 0 Å². The molecule has 25 heavy (non-hydrogen) atoms. The summed E-state index contributed by atoms with van der Waals surface area (Å²) in [6.45, 7) is -0.253. The standard InChI is InChI=1S/C18H13FN4O2/c19-14-9-12(10-20)5-6-13(14)11-25-18(24)16-7-8-23(22-16)17-4-2-1-3-15(17)21/h1-9H,11,21H2. The average Bonchev–Trinajstić information content (AvgIpc) is 3.10. The zero-order valence-electron chi connectivity index (χ0n) is 13.0. The Morgan fingerprint density at radius 3 is 2.80 bits per heavy atom. The Morgan fingerprint density at radius 2 is 2.08 bits per heavy atom. The maximum Gasteiger partial charge on any atom is 0.359 e. The van der Waals surface area contributed by atoms with Gasteiger partial charge in [0.25, 0.3) is 0 Å². The van der Waals surface area contributed by atoms with Gasteiger partial charge in [-0.1, -0.05) is 18.2 Å². The molecule has 0 bridgehead atoms. The van der Waals surface area contributed by atoms with Crippen LogP contribution in [0.4, 0.5) is 10.1 Å². The molecule has 0 saturated carbocycles. The number of nitrogens with two attached hydrogens (primary N) is 1. The van der Waals surface area contributed by atoms with Gasteiger partial charge in [-0.2, -0.15) is 10.4 Å². The number of nitrogens with zero attached hydrogens (tertiary/aromatic N) is 3. The summed E-state index contributed by atoms with van der Waals surface area (Å²) in [5.41, 5.74) is 7.49. The van der Waals surface area contributed by atoms with Crippen molar-refractivity contribution in [2.75, 3.05) is 5.73 Å². The van der Waals surface area contributed by atoms with Crippen molar-refractivity contribution in [2.45, 2.75) is 6.61 Å². The first-order valence-electron chi connectivity index (χ1n) is 7.34. The molecule has 0 aliphatic heterocycles. The lowest BCUT2D eigenvalue weighted by atomic mass is 10.1. The van der Waals surface area contributed by atoms with Crippen LogP contribution in [0.5, 0.6) is 0 Å². The Kier molecular flexibility index (Phi) is 4.44. The Bertz CT molecular complexity index is 975. The second kappa shape index (κ2) is 6.84. The Balaban J connectivity index is 1.71. The van der Waals surface area contributed by atoms with Crippen LogP contribution in [0.1, 0.15) is 21.6 Å². The number of carbonyl (C=O) groups excluding carboxylic acids is 1. The molecule has 7 heteroatoms. The number of nitrogen functional groups attached to an aromatic ring is 1. The molecule has 1 aromatic heterocycles. The molecule has 3 rings (SSSR count). The molecule has 2 N–H and O–H groups in total. The van der Waals surface area contributed by atoms with Crippen LogP contribution in [-0.4, -0.2) is 15.7 Å². The van der Waals surface area contributed by atoms with E-state index in [0.717, 1.165) is 6.07 Å². The highest BCUT2D eigenvalue weighted by molar-refractivity contribution is 5.87. The van der Waals surface area contributed by atoms with Crippen molar-refractivity contribution in [3.8, 4) is 11.8 Å². The van der Waals surface area contributed by atoms with Gasteiger partial charge in [-0.25, -0.2) is 13.9 Å². The number of ether oxygens (including phenoxy) is 1. The Labute approximate surface area is 142 Å². The fourth-order valence-corrected chi connectivity index (χ4v) is 2.21. The lowest BCUT2D eigenvalue weighted by Gasteiger charge is -2.06. The zero-order valence-corrected chi connectivity index (χ0v) is 13.0. The molecule has 1 heterocycles. The molecule has 3 aromatic rings. The van der Waals surface area contributed by atoms with E-state index in [0.29, 0.717) is 11.4 Å².